The zero-order valence-electron chi connectivity index (χ0n) is 12.0. The second-order valence-electron chi connectivity index (χ2n) is 4.72. The summed E-state index contributed by atoms with van der Waals surface area (Å²) in [6.45, 7) is 0. The topological polar surface area (TPSA) is 52.3 Å². The third-order valence-electron chi connectivity index (χ3n) is 3.20. The normalized spacial score (nSPS) is 11.3. The standard InChI is InChI=1S/C17H11BrClNO3/c1-22-15-6-4-12(19)8-10(15)2-7-16-20-14-5-3-11(18)9-13(14)17(21)23-16/h2-9H,1H3/b7-2+. The molecule has 23 heavy (non-hydrogen) atoms. The highest BCUT2D eigenvalue weighted by Gasteiger charge is 2.06. The molecular weight excluding hydrogens is 382 g/mol. The number of nitrogens with zero attached hydrogens (tertiary/aromatic N) is 1. The number of ether oxygens (including phenoxy) is 1. The molecule has 6 heteroatoms. The second-order valence-corrected chi connectivity index (χ2v) is 6.07. The van der Waals surface area contributed by atoms with Crippen molar-refractivity contribution < 1.29 is 9.15 Å². The van der Waals surface area contributed by atoms with Gasteiger partial charge in [-0.05, 0) is 42.5 Å². The number of methoxy groups -OCH3 is 1. The lowest BCUT2D eigenvalue weighted by molar-refractivity contribution is 0.414. The Labute approximate surface area is 145 Å². The summed E-state index contributed by atoms with van der Waals surface area (Å²) >= 11 is 9.31. The van der Waals surface area contributed by atoms with Gasteiger partial charge in [-0.3, -0.25) is 0 Å². The van der Waals surface area contributed by atoms with Crippen molar-refractivity contribution in [3.8, 4) is 5.75 Å². The number of fused-ring (bicyclic) bond motifs is 1. The molecule has 116 valence electrons. The van der Waals surface area contributed by atoms with Crippen LogP contribution in [-0.4, -0.2) is 12.1 Å². The van der Waals surface area contributed by atoms with Gasteiger partial charge in [0.2, 0.25) is 5.89 Å². The minimum atomic E-state index is -0.436. The first-order valence-corrected chi connectivity index (χ1v) is 7.86. The molecule has 0 atom stereocenters. The minimum absolute atomic E-state index is 0.215. The highest BCUT2D eigenvalue weighted by atomic mass is 79.9. The maximum atomic E-state index is 12.0. The average molecular weight is 393 g/mol. The van der Waals surface area contributed by atoms with Gasteiger partial charge in [0.15, 0.2) is 0 Å². The van der Waals surface area contributed by atoms with Crippen LogP contribution in [0.1, 0.15) is 11.5 Å². The van der Waals surface area contributed by atoms with E-state index in [0.717, 1.165) is 10.0 Å². The van der Waals surface area contributed by atoms with E-state index in [0.29, 0.717) is 21.7 Å². The van der Waals surface area contributed by atoms with Crippen molar-refractivity contribution in [3.63, 3.8) is 0 Å². The molecule has 1 aromatic heterocycles. The molecule has 3 aromatic rings. The highest BCUT2D eigenvalue weighted by Crippen LogP contribution is 2.24. The van der Waals surface area contributed by atoms with E-state index in [1.165, 1.54) is 0 Å². The fraction of sp³-hybridized carbons (Fsp3) is 0.0588. The third-order valence-corrected chi connectivity index (χ3v) is 3.93. The molecule has 2 aromatic carbocycles. The van der Waals surface area contributed by atoms with E-state index in [1.807, 2.05) is 6.07 Å². The summed E-state index contributed by atoms with van der Waals surface area (Å²) in [4.78, 5) is 16.4. The number of benzene rings is 2. The Morgan fingerprint density at radius 3 is 2.83 bits per heavy atom. The van der Waals surface area contributed by atoms with Crippen LogP contribution in [0.2, 0.25) is 5.02 Å². The molecule has 0 amide bonds. The number of rotatable bonds is 3. The lowest BCUT2D eigenvalue weighted by Crippen LogP contribution is -2.02. The molecule has 0 aliphatic carbocycles. The maximum Gasteiger partial charge on any atom is 0.347 e. The summed E-state index contributed by atoms with van der Waals surface area (Å²) in [6.07, 6.45) is 3.34. The molecule has 0 saturated carbocycles. The largest absolute Gasteiger partial charge is 0.496 e. The SMILES string of the molecule is COc1ccc(Cl)cc1/C=C/c1nc2ccc(Br)cc2c(=O)o1. The molecule has 0 radical (unpaired) electrons. The van der Waals surface area contributed by atoms with E-state index in [-0.39, 0.29) is 5.89 Å². The van der Waals surface area contributed by atoms with Crippen molar-refractivity contribution >= 4 is 50.6 Å². The van der Waals surface area contributed by atoms with Crippen molar-refractivity contribution in [2.75, 3.05) is 7.11 Å². The Kier molecular flexibility index (Phi) is 4.50. The van der Waals surface area contributed by atoms with Gasteiger partial charge in [-0.2, -0.15) is 0 Å². The summed E-state index contributed by atoms with van der Waals surface area (Å²) in [5.74, 6) is 0.879. The van der Waals surface area contributed by atoms with E-state index < -0.39 is 5.63 Å². The molecule has 0 spiro atoms. The van der Waals surface area contributed by atoms with Crippen LogP contribution < -0.4 is 10.4 Å². The zero-order valence-corrected chi connectivity index (χ0v) is 14.4. The molecule has 3 rings (SSSR count). The van der Waals surface area contributed by atoms with Gasteiger partial charge in [0.1, 0.15) is 5.75 Å². The first-order valence-electron chi connectivity index (χ1n) is 6.69. The lowest BCUT2D eigenvalue weighted by Gasteiger charge is -2.04. The van der Waals surface area contributed by atoms with Crippen molar-refractivity contribution in [1.29, 1.82) is 0 Å². The minimum Gasteiger partial charge on any atom is -0.496 e. The van der Waals surface area contributed by atoms with Crippen LogP contribution in [-0.2, 0) is 0 Å². The van der Waals surface area contributed by atoms with Crippen LogP contribution >= 0.6 is 27.5 Å². The quantitative estimate of drug-likeness (QED) is 0.643. The molecule has 0 aliphatic rings. The molecule has 1 heterocycles. The lowest BCUT2D eigenvalue weighted by atomic mass is 10.2. The van der Waals surface area contributed by atoms with E-state index in [4.69, 9.17) is 20.8 Å². The molecule has 0 aliphatic heterocycles. The van der Waals surface area contributed by atoms with Gasteiger partial charge in [0.25, 0.3) is 0 Å². The Hall–Kier alpha value is -2.11. The Morgan fingerprint density at radius 1 is 1.22 bits per heavy atom. The van der Waals surface area contributed by atoms with Gasteiger partial charge < -0.3 is 9.15 Å². The monoisotopic (exact) mass is 391 g/mol. The van der Waals surface area contributed by atoms with E-state index in [2.05, 4.69) is 20.9 Å². The summed E-state index contributed by atoms with van der Waals surface area (Å²) in [7, 11) is 1.58. The number of hydrogen-bond acceptors (Lipinski definition) is 4. The fourth-order valence-electron chi connectivity index (χ4n) is 2.13. The van der Waals surface area contributed by atoms with Crippen LogP contribution in [0.4, 0.5) is 0 Å². The first-order chi connectivity index (χ1) is 11.1. The highest BCUT2D eigenvalue weighted by molar-refractivity contribution is 9.10. The molecule has 4 nitrogen and oxygen atoms in total. The van der Waals surface area contributed by atoms with Crippen LogP contribution in [0.15, 0.2) is 50.1 Å². The molecule has 0 saturated heterocycles. The predicted octanol–water partition coefficient (Wildman–Crippen LogP) is 4.78. The maximum absolute atomic E-state index is 12.0. The van der Waals surface area contributed by atoms with Crippen molar-refractivity contribution in [1.82, 2.24) is 4.98 Å². The molecule has 0 bridgehead atoms. The van der Waals surface area contributed by atoms with Crippen molar-refractivity contribution in [3.05, 3.63) is 67.8 Å². The summed E-state index contributed by atoms with van der Waals surface area (Å²) in [6, 6.07) is 10.5. The number of halogens is 2. The van der Waals surface area contributed by atoms with E-state index in [9.17, 15) is 4.79 Å². The van der Waals surface area contributed by atoms with Crippen LogP contribution in [0.25, 0.3) is 23.1 Å². The molecule has 0 N–H and O–H groups in total. The second kappa shape index (κ2) is 6.56. The van der Waals surface area contributed by atoms with Crippen LogP contribution in [0.3, 0.4) is 0 Å². The molecule has 0 fully saturated rings. The average Bonchev–Trinajstić information content (AvgIpc) is 2.54. The summed E-state index contributed by atoms with van der Waals surface area (Å²) in [5, 5.41) is 1.01. The van der Waals surface area contributed by atoms with E-state index in [1.54, 1.807) is 49.6 Å². The summed E-state index contributed by atoms with van der Waals surface area (Å²) < 4.78 is 11.3. The van der Waals surface area contributed by atoms with Crippen LogP contribution in [0.5, 0.6) is 5.75 Å². The van der Waals surface area contributed by atoms with Crippen molar-refractivity contribution in [2.45, 2.75) is 0 Å². The fourth-order valence-corrected chi connectivity index (χ4v) is 2.67. The van der Waals surface area contributed by atoms with Gasteiger partial charge in [0, 0.05) is 21.1 Å². The zero-order chi connectivity index (χ0) is 16.4. The van der Waals surface area contributed by atoms with Gasteiger partial charge >= 0.3 is 5.63 Å². The van der Waals surface area contributed by atoms with Gasteiger partial charge in [-0.1, -0.05) is 27.5 Å². The predicted molar refractivity (Wildman–Crippen MR) is 94.9 cm³/mol. The Bertz CT molecular complexity index is 966. The molecular formula is C17H11BrClNO3. The van der Waals surface area contributed by atoms with Gasteiger partial charge in [0.05, 0.1) is 18.0 Å². The number of hydrogen-bond donors (Lipinski definition) is 0. The first kappa shape index (κ1) is 15.8. The summed E-state index contributed by atoms with van der Waals surface area (Å²) in [5.41, 5.74) is 0.900. The van der Waals surface area contributed by atoms with Gasteiger partial charge in [-0.15, -0.1) is 0 Å². The van der Waals surface area contributed by atoms with Crippen molar-refractivity contribution in [2.24, 2.45) is 0 Å². The Morgan fingerprint density at radius 2 is 2.04 bits per heavy atom. The van der Waals surface area contributed by atoms with Crippen LogP contribution in [0, 0.1) is 0 Å². The Balaban J connectivity index is 2.03. The molecule has 0 unspecified atom stereocenters. The van der Waals surface area contributed by atoms with Gasteiger partial charge in [-0.25, -0.2) is 9.78 Å². The third kappa shape index (κ3) is 3.46. The van der Waals surface area contributed by atoms with E-state index >= 15 is 0 Å². The number of aromatic nitrogens is 1. The smallest absolute Gasteiger partial charge is 0.347 e.